The van der Waals surface area contributed by atoms with E-state index in [-0.39, 0.29) is 19.1 Å². The Hall–Kier alpha value is -1.12. The third-order valence-corrected chi connectivity index (χ3v) is 5.23. The molecule has 1 heterocycles. The summed E-state index contributed by atoms with van der Waals surface area (Å²) in [4.78, 5) is -0.564. The molecule has 0 aromatic heterocycles. The third-order valence-electron chi connectivity index (χ3n) is 3.39. The molecule has 0 aliphatic carbocycles. The molecule has 0 spiro atoms. The first kappa shape index (κ1) is 15.3. The highest BCUT2D eigenvalue weighted by Crippen LogP contribution is 2.23. The Morgan fingerprint density at radius 2 is 1.85 bits per heavy atom. The maximum absolute atomic E-state index is 13.2. The van der Waals surface area contributed by atoms with E-state index in [1.54, 1.807) is 7.05 Å². The molecular weight excluding hydrogens is 293 g/mol. The number of halogens is 3. The summed E-state index contributed by atoms with van der Waals surface area (Å²) in [5.74, 6) is -4.69. The molecule has 4 nitrogen and oxygen atoms in total. The van der Waals surface area contributed by atoms with Gasteiger partial charge in [-0.25, -0.2) is 21.6 Å². The number of nitrogens with one attached hydrogen (secondary N) is 1. The van der Waals surface area contributed by atoms with Crippen LogP contribution < -0.4 is 5.32 Å². The van der Waals surface area contributed by atoms with Crippen molar-refractivity contribution in [2.75, 3.05) is 20.1 Å². The van der Waals surface area contributed by atoms with Crippen LogP contribution >= 0.6 is 0 Å². The van der Waals surface area contributed by atoms with Crippen LogP contribution in [0.5, 0.6) is 0 Å². The fourth-order valence-electron chi connectivity index (χ4n) is 2.23. The van der Waals surface area contributed by atoms with Gasteiger partial charge in [0.25, 0.3) is 0 Å². The fourth-order valence-corrected chi connectivity index (χ4v) is 3.78. The maximum Gasteiger partial charge on any atom is 0.243 e. The van der Waals surface area contributed by atoms with Crippen molar-refractivity contribution >= 4 is 10.0 Å². The summed E-state index contributed by atoms with van der Waals surface area (Å²) in [6.45, 7) is 0.501. The van der Waals surface area contributed by atoms with Gasteiger partial charge in [0.2, 0.25) is 10.0 Å². The normalized spacial score (nSPS) is 21.1. The Kier molecular flexibility index (Phi) is 4.36. The molecule has 0 amide bonds. The van der Waals surface area contributed by atoms with Crippen molar-refractivity contribution in [3.05, 3.63) is 29.6 Å². The van der Waals surface area contributed by atoms with Crippen LogP contribution in [0.25, 0.3) is 0 Å². The molecule has 1 saturated heterocycles. The Labute approximate surface area is 115 Å². The fraction of sp³-hybridized carbons (Fsp3) is 0.500. The minimum atomic E-state index is -4.02. The number of nitrogens with zero attached hydrogens (tertiary/aromatic N) is 1. The topological polar surface area (TPSA) is 49.4 Å². The van der Waals surface area contributed by atoms with Gasteiger partial charge in [-0.15, -0.1) is 0 Å². The van der Waals surface area contributed by atoms with E-state index in [1.165, 1.54) is 0 Å². The maximum atomic E-state index is 13.2. The SMILES string of the molecule is CNC1CCCN(S(=O)(=O)c2cc(F)c(F)c(F)c2)C1. The molecule has 1 aromatic carbocycles. The van der Waals surface area contributed by atoms with Crippen LogP contribution in [-0.2, 0) is 10.0 Å². The Morgan fingerprint density at radius 1 is 1.25 bits per heavy atom. The van der Waals surface area contributed by atoms with Gasteiger partial charge in [0.05, 0.1) is 4.90 Å². The molecule has 1 aliphatic heterocycles. The highest BCUT2D eigenvalue weighted by Gasteiger charge is 2.31. The molecule has 8 heteroatoms. The molecule has 1 N–H and O–H groups in total. The largest absolute Gasteiger partial charge is 0.316 e. The summed E-state index contributed by atoms with van der Waals surface area (Å²) in [6, 6.07) is 1.02. The number of hydrogen-bond donors (Lipinski definition) is 1. The summed E-state index contributed by atoms with van der Waals surface area (Å²) in [7, 11) is -2.30. The second-order valence-corrected chi connectivity index (χ2v) is 6.63. The zero-order valence-electron chi connectivity index (χ0n) is 10.9. The molecule has 20 heavy (non-hydrogen) atoms. The zero-order valence-corrected chi connectivity index (χ0v) is 11.7. The smallest absolute Gasteiger partial charge is 0.243 e. The minimum Gasteiger partial charge on any atom is -0.316 e. The molecular formula is C12H15F3N2O2S. The van der Waals surface area contributed by atoms with Crippen molar-refractivity contribution in [3.63, 3.8) is 0 Å². The van der Waals surface area contributed by atoms with E-state index >= 15 is 0 Å². The van der Waals surface area contributed by atoms with Crippen molar-refractivity contribution in [2.45, 2.75) is 23.8 Å². The second-order valence-electron chi connectivity index (χ2n) is 4.69. The van der Waals surface area contributed by atoms with Gasteiger partial charge in [0, 0.05) is 19.1 Å². The Morgan fingerprint density at radius 3 is 2.40 bits per heavy atom. The van der Waals surface area contributed by atoms with E-state index in [1.807, 2.05) is 0 Å². The van der Waals surface area contributed by atoms with Crippen LogP contribution in [0.15, 0.2) is 17.0 Å². The molecule has 2 rings (SSSR count). The van der Waals surface area contributed by atoms with E-state index in [0.717, 1.165) is 10.7 Å². The van der Waals surface area contributed by atoms with Gasteiger partial charge in [0.1, 0.15) is 0 Å². The predicted molar refractivity (Wildman–Crippen MR) is 67.2 cm³/mol. The van der Waals surface area contributed by atoms with Crippen molar-refractivity contribution in [1.29, 1.82) is 0 Å². The first-order valence-corrected chi connectivity index (χ1v) is 7.62. The average Bonchev–Trinajstić information content (AvgIpc) is 2.44. The van der Waals surface area contributed by atoms with E-state index in [4.69, 9.17) is 0 Å². The van der Waals surface area contributed by atoms with Crippen molar-refractivity contribution in [3.8, 4) is 0 Å². The lowest BCUT2D eigenvalue weighted by Gasteiger charge is -2.31. The summed E-state index contributed by atoms with van der Waals surface area (Å²) < 4.78 is 65.0. The van der Waals surface area contributed by atoms with Crippen LogP contribution in [0, 0.1) is 17.5 Å². The number of hydrogen-bond acceptors (Lipinski definition) is 3. The second kappa shape index (κ2) is 5.71. The van der Waals surface area contributed by atoms with E-state index in [0.29, 0.717) is 18.6 Å². The quantitative estimate of drug-likeness (QED) is 0.861. The van der Waals surface area contributed by atoms with Gasteiger partial charge in [-0.2, -0.15) is 4.31 Å². The summed E-state index contributed by atoms with van der Waals surface area (Å²) in [6.07, 6.45) is 1.48. The van der Waals surface area contributed by atoms with Crippen molar-refractivity contribution in [1.82, 2.24) is 9.62 Å². The molecule has 1 fully saturated rings. The van der Waals surface area contributed by atoms with Gasteiger partial charge in [-0.1, -0.05) is 0 Å². The van der Waals surface area contributed by atoms with Gasteiger partial charge in [-0.3, -0.25) is 0 Å². The summed E-state index contributed by atoms with van der Waals surface area (Å²) in [5.41, 5.74) is 0. The lowest BCUT2D eigenvalue weighted by Crippen LogP contribution is -2.46. The van der Waals surface area contributed by atoms with E-state index in [9.17, 15) is 21.6 Å². The first-order chi connectivity index (χ1) is 9.36. The standard InChI is InChI=1S/C12H15F3N2O2S/c1-16-8-3-2-4-17(7-8)20(18,19)9-5-10(13)12(15)11(14)6-9/h5-6,8,16H,2-4,7H2,1H3. The van der Waals surface area contributed by atoms with Crippen LogP contribution in [0.3, 0.4) is 0 Å². The number of benzene rings is 1. The number of piperidine rings is 1. The van der Waals surface area contributed by atoms with E-state index < -0.39 is 32.4 Å². The number of sulfonamides is 1. The molecule has 0 radical (unpaired) electrons. The lowest BCUT2D eigenvalue weighted by molar-refractivity contribution is 0.292. The molecule has 1 aromatic rings. The molecule has 1 aliphatic rings. The third kappa shape index (κ3) is 2.82. The Balaban J connectivity index is 2.35. The van der Waals surface area contributed by atoms with Crippen molar-refractivity contribution < 1.29 is 21.6 Å². The van der Waals surface area contributed by atoms with Gasteiger partial charge >= 0.3 is 0 Å². The minimum absolute atomic E-state index is 0.00586. The molecule has 0 bridgehead atoms. The average molecular weight is 308 g/mol. The highest BCUT2D eigenvalue weighted by atomic mass is 32.2. The van der Waals surface area contributed by atoms with Crippen LogP contribution in [0.2, 0.25) is 0 Å². The van der Waals surface area contributed by atoms with Gasteiger partial charge in [-0.05, 0) is 32.0 Å². The molecule has 1 atom stereocenters. The highest BCUT2D eigenvalue weighted by molar-refractivity contribution is 7.89. The number of rotatable bonds is 3. The van der Waals surface area contributed by atoms with Crippen LogP contribution in [0.4, 0.5) is 13.2 Å². The molecule has 1 unspecified atom stereocenters. The monoisotopic (exact) mass is 308 g/mol. The molecule has 0 saturated carbocycles. The zero-order chi connectivity index (χ0) is 14.9. The van der Waals surface area contributed by atoms with Crippen molar-refractivity contribution in [2.24, 2.45) is 0 Å². The van der Waals surface area contributed by atoms with Crippen LogP contribution in [0.1, 0.15) is 12.8 Å². The van der Waals surface area contributed by atoms with Crippen LogP contribution in [-0.4, -0.2) is 38.9 Å². The van der Waals surface area contributed by atoms with Gasteiger partial charge in [0.15, 0.2) is 17.5 Å². The van der Waals surface area contributed by atoms with Gasteiger partial charge < -0.3 is 5.32 Å². The first-order valence-electron chi connectivity index (χ1n) is 6.18. The number of likely N-dealkylation sites (N-methyl/N-ethyl adjacent to an activating group) is 1. The van der Waals surface area contributed by atoms with E-state index in [2.05, 4.69) is 5.32 Å². The predicted octanol–water partition coefficient (Wildman–Crippen LogP) is 1.48. The summed E-state index contributed by atoms with van der Waals surface area (Å²) >= 11 is 0. The molecule has 112 valence electrons. The summed E-state index contributed by atoms with van der Waals surface area (Å²) in [5, 5.41) is 2.98. The lowest BCUT2D eigenvalue weighted by atomic mass is 10.1. The Bertz CT molecular complexity index is 584.